The fourth-order valence-corrected chi connectivity index (χ4v) is 3.52. The molecule has 7 heteroatoms. The molecule has 0 radical (unpaired) electrons. The zero-order valence-electron chi connectivity index (χ0n) is 16.4. The van der Waals surface area contributed by atoms with Gasteiger partial charge in [-0.05, 0) is 37.9 Å². The van der Waals surface area contributed by atoms with Gasteiger partial charge in [0.25, 0.3) is 11.8 Å². The maximum absolute atomic E-state index is 13.0. The van der Waals surface area contributed by atoms with Crippen molar-refractivity contribution >= 4 is 23.3 Å². The number of hydrogen-bond donors (Lipinski definition) is 1. The number of amidine groups is 1. The Morgan fingerprint density at radius 2 is 1.93 bits per heavy atom. The predicted molar refractivity (Wildman–Crippen MR) is 106 cm³/mol. The molecule has 2 aliphatic heterocycles. The fraction of sp³-hybridized carbons (Fsp3) is 0.550. The van der Waals surface area contributed by atoms with E-state index in [1.165, 1.54) is 5.01 Å². The number of hydrazine groups is 1. The van der Waals surface area contributed by atoms with Gasteiger partial charge in [-0.25, -0.2) is 10.0 Å². The Hall–Kier alpha value is -2.41. The van der Waals surface area contributed by atoms with E-state index < -0.39 is 6.04 Å². The highest BCUT2D eigenvalue weighted by Crippen LogP contribution is 2.17. The SMILES string of the molecule is CC(C)CN1CCCN(C(=O)C2=N[C@@H](C)C(=O)N(c3ccccc3)N2)CC1. The zero-order chi connectivity index (χ0) is 19.4. The first-order valence-corrected chi connectivity index (χ1v) is 9.71. The maximum Gasteiger partial charge on any atom is 0.290 e. The lowest BCUT2D eigenvalue weighted by atomic mass is 10.2. The molecular formula is C20H29N5O2. The van der Waals surface area contributed by atoms with Gasteiger partial charge in [-0.2, -0.15) is 0 Å². The summed E-state index contributed by atoms with van der Waals surface area (Å²) in [6.45, 7) is 10.5. The Balaban J connectivity index is 1.70. The number of hydrogen-bond acceptors (Lipinski definition) is 5. The van der Waals surface area contributed by atoms with Crippen LogP contribution in [0.3, 0.4) is 0 Å². The van der Waals surface area contributed by atoms with E-state index in [9.17, 15) is 9.59 Å². The third-order valence-electron chi connectivity index (χ3n) is 4.83. The number of nitrogens with one attached hydrogen (secondary N) is 1. The van der Waals surface area contributed by atoms with Gasteiger partial charge in [0.15, 0.2) is 0 Å². The van der Waals surface area contributed by atoms with E-state index in [1.807, 2.05) is 35.2 Å². The van der Waals surface area contributed by atoms with Gasteiger partial charge in [0, 0.05) is 26.2 Å². The number of amides is 2. The summed E-state index contributed by atoms with van der Waals surface area (Å²) in [5.41, 5.74) is 3.64. The second-order valence-electron chi connectivity index (χ2n) is 7.61. The largest absolute Gasteiger partial charge is 0.335 e. The molecule has 2 amide bonds. The number of para-hydroxylation sites is 1. The van der Waals surface area contributed by atoms with E-state index in [0.29, 0.717) is 24.7 Å². The Bertz CT molecular complexity index is 704. The molecule has 1 saturated heterocycles. The van der Waals surface area contributed by atoms with Crippen molar-refractivity contribution in [2.24, 2.45) is 10.9 Å². The van der Waals surface area contributed by atoms with Crippen LogP contribution in [0.5, 0.6) is 0 Å². The van der Waals surface area contributed by atoms with Crippen LogP contribution in [-0.2, 0) is 9.59 Å². The average Bonchev–Trinajstić information content (AvgIpc) is 2.89. The minimum absolute atomic E-state index is 0.137. The van der Waals surface area contributed by atoms with Crippen LogP contribution in [0.2, 0.25) is 0 Å². The van der Waals surface area contributed by atoms with Crippen molar-refractivity contribution in [2.45, 2.75) is 33.2 Å². The van der Waals surface area contributed by atoms with Crippen molar-refractivity contribution in [1.29, 1.82) is 0 Å². The molecule has 2 aliphatic rings. The van der Waals surface area contributed by atoms with Gasteiger partial charge in [0.05, 0.1) is 5.69 Å². The van der Waals surface area contributed by atoms with Crippen LogP contribution in [0.1, 0.15) is 27.2 Å². The molecule has 0 unspecified atom stereocenters. The number of nitrogens with zero attached hydrogens (tertiary/aromatic N) is 4. The minimum Gasteiger partial charge on any atom is -0.335 e. The lowest BCUT2D eigenvalue weighted by Gasteiger charge is -2.32. The van der Waals surface area contributed by atoms with Gasteiger partial charge in [0.2, 0.25) is 5.84 Å². The Morgan fingerprint density at radius 1 is 1.19 bits per heavy atom. The summed E-state index contributed by atoms with van der Waals surface area (Å²) in [6, 6.07) is 8.69. The average molecular weight is 371 g/mol. The van der Waals surface area contributed by atoms with E-state index in [4.69, 9.17) is 0 Å². The lowest BCUT2D eigenvalue weighted by molar-refractivity contribution is -0.124. The van der Waals surface area contributed by atoms with Gasteiger partial charge in [-0.1, -0.05) is 32.0 Å². The van der Waals surface area contributed by atoms with E-state index in [-0.39, 0.29) is 17.6 Å². The maximum atomic E-state index is 13.0. The normalized spacial score (nSPS) is 21.7. The molecule has 0 spiro atoms. The summed E-state index contributed by atoms with van der Waals surface area (Å²) >= 11 is 0. The van der Waals surface area contributed by atoms with Crippen LogP contribution in [0.25, 0.3) is 0 Å². The summed E-state index contributed by atoms with van der Waals surface area (Å²) in [5.74, 6) is 0.546. The van der Waals surface area contributed by atoms with Crippen molar-refractivity contribution in [3.63, 3.8) is 0 Å². The predicted octanol–water partition coefficient (Wildman–Crippen LogP) is 1.52. The molecule has 0 bridgehead atoms. The fourth-order valence-electron chi connectivity index (χ4n) is 3.52. The monoisotopic (exact) mass is 371 g/mol. The van der Waals surface area contributed by atoms with Crippen molar-refractivity contribution in [1.82, 2.24) is 15.2 Å². The van der Waals surface area contributed by atoms with Crippen LogP contribution in [0.15, 0.2) is 35.3 Å². The summed E-state index contributed by atoms with van der Waals surface area (Å²) in [6.07, 6.45) is 0.947. The topological polar surface area (TPSA) is 68.2 Å². The van der Waals surface area contributed by atoms with Gasteiger partial charge in [-0.15, -0.1) is 0 Å². The molecule has 0 aromatic heterocycles. The first kappa shape index (κ1) is 19.4. The van der Waals surface area contributed by atoms with E-state index in [1.54, 1.807) is 6.92 Å². The van der Waals surface area contributed by atoms with Crippen molar-refractivity contribution in [3.8, 4) is 0 Å². The quantitative estimate of drug-likeness (QED) is 0.871. The van der Waals surface area contributed by atoms with Crippen molar-refractivity contribution < 1.29 is 9.59 Å². The molecule has 27 heavy (non-hydrogen) atoms. The Labute approximate surface area is 161 Å². The first-order valence-electron chi connectivity index (χ1n) is 9.71. The van der Waals surface area contributed by atoms with E-state index in [2.05, 4.69) is 29.2 Å². The molecule has 146 valence electrons. The van der Waals surface area contributed by atoms with Gasteiger partial charge in [0.1, 0.15) is 6.04 Å². The number of rotatable bonds is 4. The number of aliphatic imine (C=N–C) groups is 1. The molecule has 1 aromatic rings. The highest BCUT2D eigenvalue weighted by Gasteiger charge is 2.33. The second-order valence-corrected chi connectivity index (χ2v) is 7.61. The smallest absolute Gasteiger partial charge is 0.290 e. The van der Waals surface area contributed by atoms with Crippen LogP contribution in [0.4, 0.5) is 5.69 Å². The van der Waals surface area contributed by atoms with Crippen LogP contribution in [-0.4, -0.2) is 66.2 Å². The van der Waals surface area contributed by atoms with Crippen LogP contribution >= 0.6 is 0 Å². The van der Waals surface area contributed by atoms with Gasteiger partial charge in [-0.3, -0.25) is 15.0 Å². The zero-order valence-corrected chi connectivity index (χ0v) is 16.4. The molecule has 1 fully saturated rings. The Kier molecular flexibility index (Phi) is 6.11. The summed E-state index contributed by atoms with van der Waals surface area (Å²) in [4.78, 5) is 34.1. The molecule has 1 N–H and O–H groups in total. The van der Waals surface area contributed by atoms with Gasteiger partial charge >= 0.3 is 0 Å². The summed E-state index contributed by atoms with van der Waals surface area (Å²) < 4.78 is 0. The number of carbonyl (C=O) groups excluding carboxylic acids is 2. The van der Waals surface area contributed by atoms with Crippen molar-refractivity contribution in [2.75, 3.05) is 37.7 Å². The number of anilines is 1. The minimum atomic E-state index is -0.588. The van der Waals surface area contributed by atoms with E-state index >= 15 is 0 Å². The van der Waals surface area contributed by atoms with Gasteiger partial charge < -0.3 is 9.80 Å². The molecule has 7 nitrogen and oxygen atoms in total. The number of carbonyl (C=O) groups is 2. The van der Waals surface area contributed by atoms with Crippen molar-refractivity contribution in [3.05, 3.63) is 30.3 Å². The Morgan fingerprint density at radius 3 is 2.63 bits per heavy atom. The highest BCUT2D eigenvalue weighted by atomic mass is 16.2. The summed E-state index contributed by atoms with van der Waals surface area (Å²) in [7, 11) is 0. The lowest BCUT2D eigenvalue weighted by Crippen LogP contribution is -2.58. The first-order chi connectivity index (χ1) is 13.0. The third kappa shape index (κ3) is 4.66. The molecule has 1 atom stereocenters. The van der Waals surface area contributed by atoms with Crippen LogP contribution < -0.4 is 10.4 Å². The standard InChI is InChI=1S/C20H29N5O2/c1-15(2)14-23-10-7-11-24(13-12-23)20(27)18-21-16(3)19(26)25(22-18)17-8-5-4-6-9-17/h4-6,8-9,15-16H,7,10-14H2,1-3H3,(H,21,22)/t16-/m0/s1. The van der Waals surface area contributed by atoms with E-state index in [0.717, 1.165) is 26.1 Å². The van der Waals surface area contributed by atoms with Crippen LogP contribution in [0, 0.1) is 5.92 Å². The third-order valence-corrected chi connectivity index (χ3v) is 4.83. The summed E-state index contributed by atoms with van der Waals surface area (Å²) in [5, 5.41) is 1.42. The molecule has 2 heterocycles. The molecule has 3 rings (SSSR count). The molecule has 1 aromatic carbocycles. The molecule has 0 aliphatic carbocycles. The molecule has 0 saturated carbocycles. The molecular weight excluding hydrogens is 342 g/mol. The number of benzene rings is 1. The second kappa shape index (κ2) is 8.52. The highest BCUT2D eigenvalue weighted by molar-refractivity contribution is 6.39.